The van der Waals surface area contributed by atoms with Crippen molar-refractivity contribution >= 4 is 17.7 Å². The van der Waals surface area contributed by atoms with Crippen molar-refractivity contribution in [2.75, 3.05) is 18.4 Å². The Balaban J connectivity index is 1.49. The molecule has 0 atom stereocenters. The van der Waals surface area contributed by atoms with Crippen molar-refractivity contribution in [3.05, 3.63) is 29.8 Å². The summed E-state index contributed by atoms with van der Waals surface area (Å²) in [4.78, 5) is 24.9. The van der Waals surface area contributed by atoms with Gasteiger partial charge in [0, 0.05) is 24.8 Å². The fourth-order valence-corrected chi connectivity index (χ4v) is 3.78. The van der Waals surface area contributed by atoms with Gasteiger partial charge in [0.25, 0.3) is 0 Å². The molecule has 2 N–H and O–H groups in total. The van der Waals surface area contributed by atoms with E-state index in [1.807, 2.05) is 25.7 Å². The van der Waals surface area contributed by atoms with E-state index in [9.17, 15) is 9.59 Å². The number of anilines is 1. The first kappa shape index (κ1) is 17.6. The molecule has 1 amide bonds. The zero-order valence-electron chi connectivity index (χ0n) is 15.0. The van der Waals surface area contributed by atoms with Gasteiger partial charge in [-0.15, -0.1) is 0 Å². The Labute approximate surface area is 148 Å². The molecule has 1 spiro atoms. The largest absolute Gasteiger partial charge is 0.478 e. The highest BCUT2D eigenvalue weighted by Gasteiger charge is 2.50. The molecular formula is C19H26N2O4. The number of rotatable bonds is 3. The number of carbonyl (C=O) groups is 2. The lowest BCUT2D eigenvalue weighted by molar-refractivity contribution is 0.0237. The Morgan fingerprint density at radius 3 is 2.44 bits per heavy atom. The molecule has 6 nitrogen and oxygen atoms in total. The number of likely N-dealkylation sites (tertiary alicyclic amines) is 1. The van der Waals surface area contributed by atoms with Crippen LogP contribution in [0.1, 0.15) is 50.4 Å². The number of ether oxygens (including phenoxy) is 1. The lowest BCUT2D eigenvalue weighted by Crippen LogP contribution is -2.47. The van der Waals surface area contributed by atoms with Crippen molar-refractivity contribution in [2.45, 2.75) is 51.7 Å². The van der Waals surface area contributed by atoms with Crippen molar-refractivity contribution in [3.63, 3.8) is 0 Å². The second-order valence-corrected chi connectivity index (χ2v) is 8.28. The zero-order chi connectivity index (χ0) is 18.2. The fourth-order valence-electron chi connectivity index (χ4n) is 3.78. The molecule has 1 saturated carbocycles. The highest BCUT2D eigenvalue weighted by molar-refractivity contribution is 5.88. The summed E-state index contributed by atoms with van der Waals surface area (Å²) < 4.78 is 5.46. The van der Waals surface area contributed by atoms with Crippen molar-refractivity contribution in [1.82, 2.24) is 4.90 Å². The number of carbonyl (C=O) groups excluding carboxylic acids is 1. The summed E-state index contributed by atoms with van der Waals surface area (Å²) >= 11 is 0. The number of carboxylic acid groups (broad SMARTS) is 1. The maximum atomic E-state index is 12.2. The van der Waals surface area contributed by atoms with Gasteiger partial charge in [0.15, 0.2) is 0 Å². The molecule has 136 valence electrons. The number of aromatic carboxylic acids is 1. The van der Waals surface area contributed by atoms with Gasteiger partial charge in [-0.3, -0.25) is 0 Å². The molecular weight excluding hydrogens is 320 g/mol. The minimum absolute atomic E-state index is 0.204. The van der Waals surface area contributed by atoms with Crippen molar-refractivity contribution in [1.29, 1.82) is 0 Å². The molecule has 0 bridgehead atoms. The van der Waals surface area contributed by atoms with E-state index >= 15 is 0 Å². The molecule has 1 heterocycles. The van der Waals surface area contributed by atoms with Crippen LogP contribution in [-0.2, 0) is 4.74 Å². The summed E-state index contributed by atoms with van der Waals surface area (Å²) in [5.74, 6) is -0.915. The lowest BCUT2D eigenvalue weighted by atomic mass is 9.65. The average Bonchev–Trinajstić information content (AvgIpc) is 2.91. The highest BCUT2D eigenvalue weighted by Crippen LogP contribution is 2.49. The number of hydrogen-bond acceptors (Lipinski definition) is 4. The first-order chi connectivity index (χ1) is 11.7. The van der Waals surface area contributed by atoms with Gasteiger partial charge in [0.2, 0.25) is 0 Å². The van der Waals surface area contributed by atoms with Crippen LogP contribution in [0.15, 0.2) is 24.3 Å². The molecule has 2 fully saturated rings. The van der Waals surface area contributed by atoms with Crippen LogP contribution in [0.2, 0.25) is 0 Å². The number of hydrogen-bond donors (Lipinski definition) is 2. The monoisotopic (exact) mass is 346 g/mol. The Bertz CT molecular complexity index is 657. The van der Waals surface area contributed by atoms with Crippen LogP contribution in [-0.4, -0.2) is 46.8 Å². The van der Waals surface area contributed by atoms with Crippen LogP contribution in [0, 0.1) is 5.41 Å². The first-order valence-corrected chi connectivity index (χ1v) is 8.74. The summed E-state index contributed by atoms with van der Waals surface area (Å²) in [6, 6.07) is 7.19. The molecule has 2 aliphatic rings. The third kappa shape index (κ3) is 4.06. The molecule has 1 saturated heterocycles. The fraction of sp³-hybridized carbons (Fsp3) is 0.579. The van der Waals surface area contributed by atoms with E-state index in [0.29, 0.717) is 11.6 Å². The van der Waals surface area contributed by atoms with E-state index in [1.165, 1.54) is 0 Å². The van der Waals surface area contributed by atoms with Crippen LogP contribution >= 0.6 is 0 Å². The number of nitrogens with one attached hydrogen (secondary N) is 1. The van der Waals surface area contributed by atoms with Gasteiger partial charge < -0.3 is 20.1 Å². The predicted octanol–water partition coefficient (Wildman–Crippen LogP) is 3.59. The van der Waals surface area contributed by atoms with Gasteiger partial charge >= 0.3 is 12.1 Å². The minimum Gasteiger partial charge on any atom is -0.478 e. The molecule has 3 rings (SSSR count). The first-order valence-electron chi connectivity index (χ1n) is 8.74. The lowest BCUT2D eigenvalue weighted by Gasteiger charge is -2.45. The summed E-state index contributed by atoms with van der Waals surface area (Å²) in [5.41, 5.74) is 0.972. The van der Waals surface area contributed by atoms with Gasteiger partial charge in [-0.25, -0.2) is 9.59 Å². The van der Waals surface area contributed by atoms with E-state index in [2.05, 4.69) is 5.32 Å². The highest BCUT2D eigenvalue weighted by atomic mass is 16.6. The van der Waals surface area contributed by atoms with E-state index in [4.69, 9.17) is 9.84 Å². The Hall–Kier alpha value is -2.24. The summed E-state index contributed by atoms with van der Waals surface area (Å²) in [6.07, 6.45) is 2.84. The standard InChI is InChI=1S/C19H26N2O4/c1-18(2,3)25-17(24)21-9-8-19(12-21)10-15(11-19)20-14-6-4-13(5-7-14)16(22)23/h4-7,15,20H,8-12H2,1-3H3,(H,22,23). The Morgan fingerprint density at radius 1 is 1.24 bits per heavy atom. The van der Waals surface area contributed by atoms with E-state index in [1.54, 1.807) is 24.3 Å². The minimum atomic E-state index is -0.915. The van der Waals surface area contributed by atoms with Crippen molar-refractivity contribution in [2.24, 2.45) is 5.41 Å². The number of nitrogens with zero attached hydrogens (tertiary/aromatic N) is 1. The van der Waals surface area contributed by atoms with Gasteiger partial charge in [-0.2, -0.15) is 0 Å². The second-order valence-electron chi connectivity index (χ2n) is 8.28. The van der Waals surface area contributed by atoms with Gasteiger partial charge in [-0.1, -0.05) is 0 Å². The smallest absolute Gasteiger partial charge is 0.410 e. The topological polar surface area (TPSA) is 78.9 Å². The van der Waals surface area contributed by atoms with E-state index < -0.39 is 11.6 Å². The average molecular weight is 346 g/mol. The van der Waals surface area contributed by atoms with Gasteiger partial charge in [0.1, 0.15) is 5.60 Å². The Morgan fingerprint density at radius 2 is 1.88 bits per heavy atom. The maximum Gasteiger partial charge on any atom is 0.410 e. The van der Waals surface area contributed by atoms with E-state index in [-0.39, 0.29) is 11.5 Å². The molecule has 1 aliphatic carbocycles. The van der Waals surface area contributed by atoms with Crippen LogP contribution < -0.4 is 5.32 Å². The zero-order valence-corrected chi connectivity index (χ0v) is 15.0. The van der Waals surface area contributed by atoms with Crippen LogP contribution in [0.4, 0.5) is 10.5 Å². The Kier molecular flexibility index (Phi) is 4.39. The van der Waals surface area contributed by atoms with Gasteiger partial charge in [-0.05, 0) is 69.7 Å². The number of benzene rings is 1. The molecule has 25 heavy (non-hydrogen) atoms. The molecule has 0 aromatic heterocycles. The van der Waals surface area contributed by atoms with Crippen LogP contribution in [0.5, 0.6) is 0 Å². The molecule has 1 aromatic rings. The van der Waals surface area contributed by atoms with Crippen LogP contribution in [0.25, 0.3) is 0 Å². The maximum absolute atomic E-state index is 12.2. The van der Waals surface area contributed by atoms with Crippen LogP contribution in [0.3, 0.4) is 0 Å². The number of carboxylic acids is 1. The normalized spacial score (nSPS) is 25.6. The van der Waals surface area contributed by atoms with E-state index in [0.717, 1.165) is 38.0 Å². The predicted molar refractivity (Wildman–Crippen MR) is 94.9 cm³/mol. The summed E-state index contributed by atoms with van der Waals surface area (Å²) in [7, 11) is 0. The quantitative estimate of drug-likeness (QED) is 0.874. The molecule has 1 aliphatic heterocycles. The SMILES string of the molecule is CC(C)(C)OC(=O)N1CCC2(CC(Nc3ccc(C(=O)O)cc3)C2)C1. The third-order valence-corrected chi connectivity index (χ3v) is 4.95. The van der Waals surface area contributed by atoms with Gasteiger partial charge in [0.05, 0.1) is 5.56 Å². The molecule has 6 heteroatoms. The second kappa shape index (κ2) is 6.24. The summed E-state index contributed by atoms with van der Waals surface area (Å²) in [6.45, 7) is 7.17. The molecule has 0 radical (unpaired) electrons. The number of amides is 1. The summed E-state index contributed by atoms with van der Waals surface area (Å²) in [5, 5.41) is 12.4. The van der Waals surface area contributed by atoms with Crippen molar-refractivity contribution < 1.29 is 19.4 Å². The molecule has 0 unspecified atom stereocenters. The van der Waals surface area contributed by atoms with Crippen molar-refractivity contribution in [3.8, 4) is 0 Å². The molecule has 1 aromatic carbocycles. The third-order valence-electron chi connectivity index (χ3n) is 4.95.